The molecule has 1 atom stereocenters. The van der Waals surface area contributed by atoms with E-state index in [0.29, 0.717) is 49.8 Å². The van der Waals surface area contributed by atoms with Crippen molar-refractivity contribution in [3.05, 3.63) is 82.8 Å². The van der Waals surface area contributed by atoms with Crippen LogP contribution in [0.4, 0.5) is 11.4 Å². The Morgan fingerprint density at radius 1 is 0.927 bits per heavy atom. The van der Waals surface area contributed by atoms with Crippen LogP contribution in [-0.2, 0) is 23.9 Å². The highest BCUT2D eigenvalue weighted by Gasteiger charge is 2.43. The lowest BCUT2D eigenvalue weighted by atomic mass is 9.81. The first-order valence-corrected chi connectivity index (χ1v) is 13.5. The topological polar surface area (TPSA) is 129 Å². The summed E-state index contributed by atoms with van der Waals surface area (Å²) in [7, 11) is 2.43. The monoisotopic (exact) mass is 557 g/mol. The third-order valence-electron chi connectivity index (χ3n) is 7.30. The first-order valence-electron chi connectivity index (χ1n) is 13.5. The Balaban J connectivity index is 1.71. The van der Waals surface area contributed by atoms with Gasteiger partial charge in [0.2, 0.25) is 5.91 Å². The molecule has 1 saturated heterocycles. The molecule has 0 aromatic heterocycles. The van der Waals surface area contributed by atoms with E-state index in [2.05, 4.69) is 11.0 Å². The van der Waals surface area contributed by atoms with Crippen molar-refractivity contribution < 1.29 is 23.9 Å². The molecule has 1 unspecified atom stereocenters. The van der Waals surface area contributed by atoms with E-state index in [4.69, 9.17) is 15.2 Å². The number of hydrogen-bond acceptors (Lipinski definition) is 9. The van der Waals surface area contributed by atoms with Gasteiger partial charge in [-0.25, -0.2) is 9.59 Å². The van der Waals surface area contributed by atoms with Crippen molar-refractivity contribution >= 4 is 29.2 Å². The first kappa shape index (κ1) is 29.2. The molecule has 0 spiro atoms. The maximum absolute atomic E-state index is 13.2. The van der Waals surface area contributed by atoms with Crippen LogP contribution in [0.1, 0.15) is 31.7 Å². The van der Waals surface area contributed by atoms with Crippen molar-refractivity contribution in [2.24, 2.45) is 11.7 Å². The average Bonchev–Trinajstić information content (AvgIpc) is 2.99. The van der Waals surface area contributed by atoms with Crippen molar-refractivity contribution in [3.63, 3.8) is 0 Å². The van der Waals surface area contributed by atoms with E-state index in [9.17, 15) is 19.6 Å². The normalized spacial score (nSPS) is 17.5. The molecular formula is C31H35N5O5. The largest absolute Gasteiger partial charge is 0.466 e. The second kappa shape index (κ2) is 12.6. The number of anilines is 2. The number of carbonyl (C=O) groups is 3. The number of carbonyl (C=O) groups excluding carboxylic acids is 3. The van der Waals surface area contributed by atoms with Crippen molar-refractivity contribution in [1.29, 1.82) is 5.26 Å². The number of nitrogens with zero attached hydrogens (tertiary/aromatic N) is 4. The van der Waals surface area contributed by atoms with Gasteiger partial charge in [0.15, 0.2) is 0 Å². The van der Waals surface area contributed by atoms with E-state index in [0.717, 1.165) is 5.69 Å². The highest BCUT2D eigenvalue weighted by atomic mass is 16.5. The second-order valence-corrected chi connectivity index (χ2v) is 10.3. The molecule has 2 heterocycles. The number of nitriles is 1. The maximum atomic E-state index is 13.2. The number of benzene rings is 2. The number of rotatable bonds is 7. The molecule has 2 aromatic rings. The predicted octanol–water partition coefficient (Wildman–Crippen LogP) is 3.28. The molecule has 1 fully saturated rings. The van der Waals surface area contributed by atoms with Gasteiger partial charge in [-0.15, -0.1) is 0 Å². The molecule has 4 rings (SSSR count). The Kier molecular flexibility index (Phi) is 8.97. The molecule has 10 nitrogen and oxygen atoms in total. The summed E-state index contributed by atoms with van der Waals surface area (Å²) in [5.74, 6) is -1.98. The zero-order chi connectivity index (χ0) is 29.7. The van der Waals surface area contributed by atoms with Crippen LogP contribution in [0.2, 0.25) is 0 Å². The Labute approximate surface area is 240 Å². The van der Waals surface area contributed by atoms with Gasteiger partial charge in [-0.05, 0) is 35.7 Å². The molecule has 10 heteroatoms. The molecule has 2 aliphatic heterocycles. The maximum Gasteiger partial charge on any atom is 0.355 e. The van der Waals surface area contributed by atoms with Crippen LogP contribution in [0.3, 0.4) is 0 Å². The minimum Gasteiger partial charge on any atom is -0.466 e. The lowest BCUT2D eigenvalue weighted by molar-refractivity contribution is -0.139. The summed E-state index contributed by atoms with van der Waals surface area (Å²) in [6.45, 7) is 6.73. The van der Waals surface area contributed by atoms with Crippen molar-refractivity contribution in [2.75, 3.05) is 50.2 Å². The summed E-state index contributed by atoms with van der Waals surface area (Å²) in [6, 6.07) is 18.3. The molecule has 0 bridgehead atoms. The minimum atomic E-state index is -0.923. The molecule has 0 radical (unpaired) electrons. The Bertz CT molecular complexity index is 1400. The Morgan fingerprint density at radius 3 is 2.05 bits per heavy atom. The molecule has 2 N–H and O–H groups in total. The van der Waals surface area contributed by atoms with Gasteiger partial charge < -0.3 is 25.0 Å². The molecule has 214 valence electrons. The molecule has 2 aromatic carbocycles. The van der Waals surface area contributed by atoms with E-state index < -0.39 is 17.9 Å². The van der Waals surface area contributed by atoms with E-state index in [1.165, 1.54) is 19.1 Å². The van der Waals surface area contributed by atoms with Gasteiger partial charge in [0.05, 0.1) is 37.4 Å². The number of allylic oxidation sites excluding steroid dienone is 1. The molecule has 0 aliphatic carbocycles. The molecule has 2 aliphatic rings. The summed E-state index contributed by atoms with van der Waals surface area (Å²) in [6.07, 6.45) is 0.541. The Hall–Kier alpha value is -4.78. The fourth-order valence-electron chi connectivity index (χ4n) is 5.29. The minimum absolute atomic E-state index is 0.0134. The van der Waals surface area contributed by atoms with Crippen molar-refractivity contribution in [1.82, 2.24) is 4.90 Å². The lowest BCUT2D eigenvalue weighted by Gasteiger charge is -2.37. The van der Waals surface area contributed by atoms with E-state index in [-0.39, 0.29) is 28.6 Å². The number of methoxy groups -OCH3 is 2. The summed E-state index contributed by atoms with van der Waals surface area (Å²) in [5.41, 5.74) is 8.54. The number of piperazine rings is 1. The van der Waals surface area contributed by atoms with Gasteiger partial charge in [0, 0.05) is 44.0 Å². The van der Waals surface area contributed by atoms with E-state index in [1.807, 2.05) is 36.9 Å². The third kappa shape index (κ3) is 5.89. The van der Waals surface area contributed by atoms with Crippen LogP contribution in [0.5, 0.6) is 0 Å². The summed E-state index contributed by atoms with van der Waals surface area (Å²) in [5, 5.41) is 10.2. The number of ether oxygens (including phenoxy) is 2. The van der Waals surface area contributed by atoms with Crippen LogP contribution in [0.15, 0.2) is 77.3 Å². The van der Waals surface area contributed by atoms with E-state index in [1.54, 1.807) is 36.4 Å². The van der Waals surface area contributed by atoms with Gasteiger partial charge in [-0.2, -0.15) is 5.26 Å². The highest BCUT2D eigenvalue weighted by Crippen LogP contribution is 2.43. The molecular weight excluding hydrogens is 522 g/mol. The second-order valence-electron chi connectivity index (χ2n) is 10.3. The smallest absolute Gasteiger partial charge is 0.355 e. The standard InChI is InChI=1S/C31H35N5O5/c1-20(2)18-25(37)35-16-14-34(15-17-35)22-10-12-23(13-11-22)36-28(31(39)41-4)27(30(38)40-3)26(24(19-32)29(36)33)21-8-6-5-7-9-21/h5-13,20,26H,14-18,33H2,1-4H3. The van der Waals surface area contributed by atoms with Gasteiger partial charge in [-0.3, -0.25) is 9.69 Å². The highest BCUT2D eigenvalue weighted by molar-refractivity contribution is 6.06. The van der Waals surface area contributed by atoms with Crippen LogP contribution in [0.25, 0.3) is 0 Å². The van der Waals surface area contributed by atoms with Gasteiger partial charge in [0.1, 0.15) is 11.5 Å². The fourth-order valence-corrected chi connectivity index (χ4v) is 5.29. The van der Waals surface area contributed by atoms with E-state index >= 15 is 0 Å². The zero-order valence-corrected chi connectivity index (χ0v) is 23.8. The number of nitrogens with two attached hydrogens (primary N) is 1. The van der Waals surface area contributed by atoms with Crippen LogP contribution >= 0.6 is 0 Å². The van der Waals surface area contributed by atoms with Gasteiger partial charge >= 0.3 is 11.9 Å². The number of amides is 1. The van der Waals surface area contributed by atoms with Crippen LogP contribution in [0, 0.1) is 17.2 Å². The number of hydrogen-bond donors (Lipinski definition) is 1. The molecule has 1 amide bonds. The first-order chi connectivity index (χ1) is 19.7. The van der Waals surface area contributed by atoms with Crippen LogP contribution in [-0.4, -0.2) is 63.1 Å². The van der Waals surface area contributed by atoms with Crippen molar-refractivity contribution in [3.8, 4) is 6.07 Å². The zero-order valence-electron chi connectivity index (χ0n) is 23.8. The molecule has 41 heavy (non-hydrogen) atoms. The summed E-state index contributed by atoms with van der Waals surface area (Å²) >= 11 is 0. The quantitative estimate of drug-likeness (QED) is 0.510. The number of esters is 2. The predicted molar refractivity (Wildman–Crippen MR) is 154 cm³/mol. The van der Waals surface area contributed by atoms with Crippen molar-refractivity contribution in [2.45, 2.75) is 26.2 Å². The van der Waals surface area contributed by atoms with Gasteiger partial charge in [0.25, 0.3) is 0 Å². The summed E-state index contributed by atoms with van der Waals surface area (Å²) < 4.78 is 10.2. The SMILES string of the molecule is COC(=O)C1=C(C(=O)OC)N(c2ccc(N3CCN(C(=O)CC(C)C)CC3)cc2)C(N)=C(C#N)C1c1ccccc1. The van der Waals surface area contributed by atoms with Crippen LogP contribution < -0.4 is 15.5 Å². The lowest BCUT2D eigenvalue weighted by Crippen LogP contribution is -2.49. The van der Waals surface area contributed by atoms with Gasteiger partial charge in [-0.1, -0.05) is 44.2 Å². The molecule has 0 saturated carbocycles. The average molecular weight is 558 g/mol. The third-order valence-corrected chi connectivity index (χ3v) is 7.30. The Morgan fingerprint density at radius 2 is 1.51 bits per heavy atom. The summed E-state index contributed by atoms with van der Waals surface area (Å²) in [4.78, 5) is 44.4. The fraction of sp³-hybridized carbons (Fsp3) is 0.355.